The van der Waals surface area contributed by atoms with Crippen LogP contribution in [0.2, 0.25) is 0 Å². The minimum absolute atomic E-state index is 0.0721. The average Bonchev–Trinajstić information content (AvgIpc) is 3.16. The van der Waals surface area contributed by atoms with Crippen LogP contribution in [0.4, 0.5) is 5.82 Å². The summed E-state index contributed by atoms with van der Waals surface area (Å²) in [7, 11) is 1.53. The second-order valence-electron chi connectivity index (χ2n) is 8.35. The van der Waals surface area contributed by atoms with Crippen LogP contribution in [0.5, 0.6) is 11.5 Å². The fourth-order valence-electron chi connectivity index (χ4n) is 3.47. The molecular weight excluding hydrogens is 394 g/mol. The maximum Gasteiger partial charge on any atom is 0.227 e. The number of anilines is 1. The largest absolute Gasteiger partial charge is 0.504 e. The minimum Gasteiger partial charge on any atom is -0.504 e. The number of aromatic amines is 1. The lowest BCUT2D eigenvalue weighted by molar-refractivity contribution is 0.371. The third-order valence-electron chi connectivity index (χ3n) is 5.02. The number of nitrogens with one attached hydrogen (secondary N) is 2. The van der Waals surface area contributed by atoms with Crippen LogP contribution in [-0.4, -0.2) is 44.6 Å². The number of aromatic nitrogens is 4. The molecule has 0 fully saturated rings. The quantitative estimate of drug-likeness (QED) is 0.438. The Labute approximate surface area is 182 Å². The Morgan fingerprint density at radius 1 is 1.26 bits per heavy atom. The maximum absolute atomic E-state index is 10.4. The third kappa shape index (κ3) is 4.66. The van der Waals surface area contributed by atoms with Crippen molar-refractivity contribution in [3.05, 3.63) is 35.1 Å². The highest BCUT2D eigenvalue weighted by Crippen LogP contribution is 2.31. The van der Waals surface area contributed by atoms with Crippen LogP contribution in [0.1, 0.15) is 57.8 Å². The molecule has 2 heterocycles. The number of nitrogens with two attached hydrogens (primary N) is 1. The Kier molecular flexibility index (Phi) is 6.84. The van der Waals surface area contributed by atoms with Crippen molar-refractivity contribution in [2.45, 2.75) is 59.2 Å². The molecule has 0 aliphatic rings. The van der Waals surface area contributed by atoms with E-state index in [1.807, 2.05) is 19.1 Å². The van der Waals surface area contributed by atoms with Gasteiger partial charge in [-0.05, 0) is 32.8 Å². The van der Waals surface area contributed by atoms with Gasteiger partial charge in [-0.3, -0.25) is 5.10 Å². The van der Waals surface area contributed by atoms with Crippen molar-refractivity contribution in [2.75, 3.05) is 19.0 Å². The highest BCUT2D eigenvalue weighted by Gasteiger charge is 2.20. The van der Waals surface area contributed by atoms with E-state index in [0.29, 0.717) is 35.8 Å². The van der Waals surface area contributed by atoms with Crippen LogP contribution in [0, 0.1) is 0 Å². The summed E-state index contributed by atoms with van der Waals surface area (Å²) in [5, 5.41) is 21.5. The van der Waals surface area contributed by atoms with Gasteiger partial charge in [0.25, 0.3) is 0 Å². The highest BCUT2D eigenvalue weighted by molar-refractivity contribution is 5.87. The van der Waals surface area contributed by atoms with Crippen LogP contribution < -0.4 is 21.4 Å². The van der Waals surface area contributed by atoms with Crippen molar-refractivity contribution in [2.24, 2.45) is 10.7 Å². The molecule has 0 saturated carbocycles. The molecule has 1 atom stereocenters. The summed E-state index contributed by atoms with van der Waals surface area (Å²) in [6, 6.07) is 5.46. The molecule has 1 aromatic carbocycles. The fraction of sp³-hybridized carbons (Fsp3) is 0.500. The zero-order valence-electron chi connectivity index (χ0n) is 19.1. The van der Waals surface area contributed by atoms with Crippen LogP contribution in [-0.2, 0) is 6.54 Å². The van der Waals surface area contributed by atoms with E-state index >= 15 is 0 Å². The van der Waals surface area contributed by atoms with Crippen molar-refractivity contribution in [1.82, 2.24) is 19.7 Å². The Morgan fingerprint density at radius 2 is 2.00 bits per heavy atom. The first kappa shape index (κ1) is 22.6. The molecule has 2 aromatic heterocycles. The van der Waals surface area contributed by atoms with E-state index in [-0.39, 0.29) is 23.8 Å². The lowest BCUT2D eigenvalue weighted by atomic mass is 10.1. The number of para-hydroxylation sites is 1. The molecule has 3 aromatic rings. The number of fused-ring (bicyclic) bond motifs is 1. The first-order chi connectivity index (χ1) is 14.7. The number of rotatable bonds is 8. The molecule has 168 valence electrons. The first-order valence-electron chi connectivity index (χ1n) is 10.6. The van der Waals surface area contributed by atoms with Gasteiger partial charge in [0.1, 0.15) is 0 Å². The molecule has 0 amide bonds. The Hall–Kier alpha value is -3.07. The molecule has 0 aliphatic carbocycles. The number of benzene rings is 1. The van der Waals surface area contributed by atoms with Gasteiger partial charge in [0.15, 0.2) is 22.8 Å². The molecule has 0 aliphatic heterocycles. The predicted molar refractivity (Wildman–Crippen MR) is 122 cm³/mol. The number of phenols is 1. The van der Waals surface area contributed by atoms with E-state index in [4.69, 9.17) is 20.4 Å². The number of hydrogen-bond donors (Lipinski definition) is 4. The number of aromatic hydroxyl groups is 1. The SMILES string of the molecule is COc1cccc(CNc2nc(=NCC(C)N)n(C(C)C)c3c(C(C)C)[nH]nc23)c1O. The van der Waals surface area contributed by atoms with Crippen LogP contribution in [0.3, 0.4) is 0 Å². The van der Waals surface area contributed by atoms with Gasteiger partial charge in [-0.25, -0.2) is 4.99 Å². The predicted octanol–water partition coefficient (Wildman–Crippen LogP) is 3.04. The zero-order valence-corrected chi connectivity index (χ0v) is 19.1. The third-order valence-corrected chi connectivity index (χ3v) is 5.02. The van der Waals surface area contributed by atoms with E-state index in [2.05, 4.69) is 47.8 Å². The molecule has 3 rings (SSSR count). The number of hydrogen-bond acceptors (Lipinski definition) is 7. The van der Waals surface area contributed by atoms with Crippen LogP contribution in [0.25, 0.3) is 11.0 Å². The molecule has 31 heavy (non-hydrogen) atoms. The van der Waals surface area contributed by atoms with E-state index in [1.165, 1.54) is 7.11 Å². The van der Waals surface area contributed by atoms with E-state index < -0.39 is 0 Å². The van der Waals surface area contributed by atoms with E-state index in [9.17, 15) is 5.11 Å². The number of nitrogens with zero attached hydrogens (tertiary/aromatic N) is 4. The van der Waals surface area contributed by atoms with Crippen LogP contribution >= 0.6 is 0 Å². The summed E-state index contributed by atoms with van der Waals surface area (Å²) in [5.41, 5.74) is 9.98. The van der Waals surface area contributed by atoms with Gasteiger partial charge >= 0.3 is 0 Å². The lowest BCUT2D eigenvalue weighted by Gasteiger charge is -2.18. The van der Waals surface area contributed by atoms with Gasteiger partial charge in [-0.1, -0.05) is 26.0 Å². The number of H-pyrrole nitrogens is 1. The summed E-state index contributed by atoms with van der Waals surface area (Å²) in [6.45, 7) is 11.2. The molecule has 0 spiro atoms. The van der Waals surface area contributed by atoms with Gasteiger partial charge in [-0.15, -0.1) is 0 Å². The lowest BCUT2D eigenvalue weighted by Crippen LogP contribution is -2.30. The number of phenolic OH excluding ortho intramolecular Hbond substituents is 1. The van der Waals surface area contributed by atoms with Crippen molar-refractivity contribution in [3.63, 3.8) is 0 Å². The van der Waals surface area contributed by atoms with Crippen molar-refractivity contribution < 1.29 is 9.84 Å². The summed E-state index contributed by atoms with van der Waals surface area (Å²) >= 11 is 0. The van der Waals surface area contributed by atoms with Crippen LogP contribution in [0.15, 0.2) is 23.2 Å². The number of ether oxygens (including phenoxy) is 1. The molecule has 9 heteroatoms. The monoisotopic (exact) mass is 427 g/mol. The summed E-state index contributed by atoms with van der Waals surface area (Å²) in [6.07, 6.45) is 0. The summed E-state index contributed by atoms with van der Waals surface area (Å²) in [5.74, 6) is 1.38. The first-order valence-corrected chi connectivity index (χ1v) is 10.6. The highest BCUT2D eigenvalue weighted by atomic mass is 16.5. The number of methoxy groups -OCH3 is 1. The van der Waals surface area contributed by atoms with Gasteiger partial charge in [-0.2, -0.15) is 10.1 Å². The average molecular weight is 428 g/mol. The topological polar surface area (TPSA) is 126 Å². The molecule has 0 bridgehead atoms. The van der Waals surface area contributed by atoms with Crippen molar-refractivity contribution in [3.8, 4) is 11.5 Å². The molecule has 9 nitrogen and oxygen atoms in total. The molecule has 0 radical (unpaired) electrons. The molecule has 1 unspecified atom stereocenters. The molecule has 5 N–H and O–H groups in total. The van der Waals surface area contributed by atoms with Crippen molar-refractivity contribution in [1.29, 1.82) is 0 Å². The van der Waals surface area contributed by atoms with Gasteiger partial charge < -0.3 is 25.5 Å². The standard InChI is InChI=1S/C22H33N7O2/c1-12(2)17-19-18(28-27-17)21(24-11-15-8-7-9-16(31-6)20(15)30)26-22(25-10-14(5)23)29(19)13(3)4/h7-9,12-14,30H,10-11,23H2,1-6H3,(H,27,28)(H,24,25,26). The smallest absolute Gasteiger partial charge is 0.227 e. The second-order valence-corrected chi connectivity index (χ2v) is 8.35. The Bertz CT molecular complexity index is 1110. The molecule has 0 saturated heterocycles. The maximum atomic E-state index is 10.4. The van der Waals surface area contributed by atoms with Crippen molar-refractivity contribution >= 4 is 16.9 Å². The van der Waals surface area contributed by atoms with E-state index in [1.54, 1.807) is 6.07 Å². The normalized spacial score (nSPS) is 13.4. The zero-order chi connectivity index (χ0) is 22.7. The van der Waals surface area contributed by atoms with Gasteiger partial charge in [0.2, 0.25) is 5.62 Å². The minimum atomic E-state index is -0.0721. The van der Waals surface area contributed by atoms with Gasteiger partial charge in [0.05, 0.1) is 24.9 Å². The fourth-order valence-corrected chi connectivity index (χ4v) is 3.47. The summed E-state index contributed by atoms with van der Waals surface area (Å²) in [4.78, 5) is 9.48. The van der Waals surface area contributed by atoms with Gasteiger partial charge in [0, 0.05) is 24.2 Å². The Morgan fingerprint density at radius 3 is 2.61 bits per heavy atom. The van der Waals surface area contributed by atoms with E-state index in [0.717, 1.165) is 16.7 Å². The Balaban J connectivity index is 2.15. The molecular formula is C22H33N7O2. The second kappa shape index (κ2) is 9.38. The summed E-state index contributed by atoms with van der Waals surface area (Å²) < 4.78 is 7.31.